The Bertz CT molecular complexity index is 513. The maximum absolute atomic E-state index is 11.0. The van der Waals surface area contributed by atoms with Crippen molar-refractivity contribution in [3.05, 3.63) is 70.5 Å². The van der Waals surface area contributed by atoms with E-state index < -0.39 is 0 Å². The van der Waals surface area contributed by atoms with E-state index in [-0.39, 0.29) is 4.92 Å². The predicted octanol–water partition coefficient (Wildman–Crippen LogP) is 6.49. The largest absolute Gasteiger partial charge is 0.303 e. The number of hydrogen-bond acceptors (Lipinski definition) is 3. The zero-order valence-electron chi connectivity index (χ0n) is 16.0. The smallest absolute Gasteiger partial charge is 0.242 e. The van der Waals surface area contributed by atoms with Crippen molar-refractivity contribution < 1.29 is 9.72 Å². The van der Waals surface area contributed by atoms with E-state index in [1.165, 1.54) is 0 Å². The van der Waals surface area contributed by atoms with Crippen LogP contribution in [-0.4, -0.2) is 11.2 Å². The number of aldehydes is 1. The molecule has 0 unspecified atom stereocenters. The molecule has 0 aromatic rings. The fourth-order valence-corrected chi connectivity index (χ4v) is 2.22. The van der Waals surface area contributed by atoms with Crippen molar-refractivity contribution in [2.45, 2.75) is 71.1 Å². The van der Waals surface area contributed by atoms with Crippen LogP contribution in [0.4, 0.5) is 0 Å². The summed E-state index contributed by atoms with van der Waals surface area (Å²) < 4.78 is 0. The molecule has 26 heavy (non-hydrogen) atoms. The summed E-state index contributed by atoms with van der Waals surface area (Å²) in [5.41, 5.74) is 0.337. The van der Waals surface area contributed by atoms with Crippen LogP contribution in [0.2, 0.25) is 0 Å². The molecule has 0 spiro atoms. The molecule has 0 rings (SSSR count). The molecule has 0 aliphatic rings. The average Bonchev–Trinajstić information content (AvgIpc) is 2.63. The lowest BCUT2D eigenvalue weighted by atomic mass is 10.1. The van der Waals surface area contributed by atoms with Gasteiger partial charge in [-0.25, -0.2) is 0 Å². The van der Waals surface area contributed by atoms with Gasteiger partial charge < -0.3 is 4.79 Å². The molecule has 0 saturated heterocycles. The first-order valence-electron chi connectivity index (χ1n) is 9.59. The Morgan fingerprint density at radius 1 is 0.808 bits per heavy atom. The lowest BCUT2D eigenvalue weighted by Crippen LogP contribution is -1.98. The second kappa shape index (κ2) is 19.1. The fourth-order valence-electron chi connectivity index (χ4n) is 2.22. The van der Waals surface area contributed by atoms with Gasteiger partial charge in [0.1, 0.15) is 6.29 Å². The maximum Gasteiger partial charge on any atom is 0.242 e. The summed E-state index contributed by atoms with van der Waals surface area (Å²) in [6, 6.07) is 0. The molecule has 0 fully saturated rings. The molecule has 144 valence electrons. The van der Waals surface area contributed by atoms with Gasteiger partial charge >= 0.3 is 0 Å². The van der Waals surface area contributed by atoms with Crippen LogP contribution in [0.1, 0.15) is 71.1 Å². The van der Waals surface area contributed by atoms with E-state index in [1.807, 2.05) is 18.2 Å². The summed E-state index contributed by atoms with van der Waals surface area (Å²) in [5, 5.41) is 11.0. The number of nitrogens with zero attached hydrogens (tertiary/aromatic N) is 1. The number of unbranched alkanes of at least 4 members (excludes halogenated alkanes) is 3. The van der Waals surface area contributed by atoms with Gasteiger partial charge in [-0.1, -0.05) is 68.4 Å². The van der Waals surface area contributed by atoms with Crippen molar-refractivity contribution in [3.8, 4) is 0 Å². The first-order chi connectivity index (χ1) is 12.7. The molecule has 4 nitrogen and oxygen atoms in total. The number of carbonyl (C=O) groups excluding carboxylic acids is 1. The lowest BCUT2D eigenvalue weighted by Gasteiger charge is -1.97. The van der Waals surface area contributed by atoms with Crippen LogP contribution >= 0.6 is 0 Å². The van der Waals surface area contributed by atoms with E-state index in [1.54, 1.807) is 6.08 Å². The van der Waals surface area contributed by atoms with Gasteiger partial charge in [-0.2, -0.15) is 0 Å². The van der Waals surface area contributed by atoms with Crippen LogP contribution in [0.25, 0.3) is 0 Å². The second-order valence-electron chi connectivity index (χ2n) is 5.98. The van der Waals surface area contributed by atoms with E-state index in [2.05, 4.69) is 37.3 Å². The van der Waals surface area contributed by atoms with E-state index in [9.17, 15) is 14.9 Å². The van der Waals surface area contributed by atoms with Crippen LogP contribution in [0, 0.1) is 10.1 Å². The Kier molecular flexibility index (Phi) is 17.5. The van der Waals surface area contributed by atoms with Gasteiger partial charge in [-0.3, -0.25) is 10.1 Å². The van der Waals surface area contributed by atoms with Gasteiger partial charge in [0, 0.05) is 12.8 Å². The van der Waals surface area contributed by atoms with E-state index in [4.69, 9.17) is 0 Å². The maximum atomic E-state index is 11.0. The zero-order chi connectivity index (χ0) is 19.3. The molecule has 0 heterocycles. The predicted molar refractivity (Wildman–Crippen MR) is 110 cm³/mol. The Morgan fingerprint density at radius 3 is 1.85 bits per heavy atom. The van der Waals surface area contributed by atoms with Crippen molar-refractivity contribution in [1.82, 2.24) is 0 Å². The number of carbonyl (C=O) groups is 1. The molecule has 0 aromatic heterocycles. The monoisotopic (exact) mass is 359 g/mol. The minimum absolute atomic E-state index is 0.257. The van der Waals surface area contributed by atoms with Crippen molar-refractivity contribution in [3.63, 3.8) is 0 Å². The van der Waals surface area contributed by atoms with Gasteiger partial charge in [0.05, 0.1) is 4.92 Å². The highest BCUT2D eigenvalue weighted by Gasteiger charge is 2.08. The molecule has 0 N–H and O–H groups in total. The summed E-state index contributed by atoms with van der Waals surface area (Å²) in [5.74, 6) is 0. The molecule has 0 amide bonds. The van der Waals surface area contributed by atoms with Gasteiger partial charge in [0.25, 0.3) is 0 Å². The molecular weight excluding hydrogens is 326 g/mol. The molecule has 0 aliphatic carbocycles. The number of nitro groups is 1. The van der Waals surface area contributed by atoms with Crippen LogP contribution < -0.4 is 0 Å². The molecule has 0 saturated carbocycles. The lowest BCUT2D eigenvalue weighted by molar-refractivity contribution is -0.428. The average molecular weight is 360 g/mol. The second-order valence-corrected chi connectivity index (χ2v) is 5.98. The van der Waals surface area contributed by atoms with Crippen molar-refractivity contribution in [2.75, 3.05) is 0 Å². The topological polar surface area (TPSA) is 60.2 Å². The summed E-state index contributed by atoms with van der Waals surface area (Å²) in [7, 11) is 0. The van der Waals surface area contributed by atoms with Crippen LogP contribution in [0.5, 0.6) is 0 Å². The first-order valence-corrected chi connectivity index (χ1v) is 9.59. The first kappa shape index (κ1) is 23.8. The molecule has 0 bridgehead atoms. The molecule has 0 aliphatic heterocycles. The Hall–Kier alpha value is -2.23. The molecule has 4 heteroatoms. The number of hydrogen-bond donors (Lipinski definition) is 0. The third-order valence-corrected chi connectivity index (χ3v) is 3.69. The minimum Gasteiger partial charge on any atom is -0.303 e. The third kappa shape index (κ3) is 16.6. The Morgan fingerprint density at radius 2 is 1.35 bits per heavy atom. The molecule has 0 aromatic carbocycles. The molecular formula is C22H33NO3. The van der Waals surface area contributed by atoms with E-state index in [0.29, 0.717) is 25.0 Å². The van der Waals surface area contributed by atoms with Crippen LogP contribution in [-0.2, 0) is 4.79 Å². The SMILES string of the molecule is CCCCC/C(=C\C/C=C\C/C=C\C/C=C\C/C=C\CCC=O)[N+](=O)[O-]. The van der Waals surface area contributed by atoms with Crippen LogP contribution in [0.15, 0.2) is 60.4 Å². The van der Waals surface area contributed by atoms with E-state index in [0.717, 1.165) is 51.2 Å². The quantitative estimate of drug-likeness (QED) is 0.104. The summed E-state index contributed by atoms with van der Waals surface area (Å²) in [6.45, 7) is 2.09. The van der Waals surface area contributed by atoms with Gasteiger partial charge in [0.15, 0.2) is 0 Å². The normalized spacial score (nSPS) is 12.9. The van der Waals surface area contributed by atoms with Crippen molar-refractivity contribution in [2.24, 2.45) is 0 Å². The fraction of sp³-hybridized carbons (Fsp3) is 0.500. The highest BCUT2D eigenvalue weighted by atomic mass is 16.6. The minimum atomic E-state index is -0.257. The molecule has 0 atom stereocenters. The third-order valence-electron chi connectivity index (χ3n) is 3.69. The highest BCUT2D eigenvalue weighted by Crippen LogP contribution is 2.10. The number of rotatable bonds is 16. The van der Waals surface area contributed by atoms with Gasteiger partial charge in [0.2, 0.25) is 5.70 Å². The van der Waals surface area contributed by atoms with Crippen LogP contribution in [0.3, 0.4) is 0 Å². The van der Waals surface area contributed by atoms with Crippen molar-refractivity contribution >= 4 is 6.29 Å². The van der Waals surface area contributed by atoms with Gasteiger partial charge in [-0.05, 0) is 44.6 Å². The summed E-state index contributed by atoms with van der Waals surface area (Å²) in [4.78, 5) is 20.8. The molecule has 0 radical (unpaired) electrons. The standard InChI is InChI=1S/C22H33NO3/c1-2-3-16-19-22(23(25)26)20-17-14-12-10-8-6-4-5-7-9-11-13-15-18-21-24/h5-8,11-14,20-21H,2-4,9-10,15-19H2,1H3/b7-5-,8-6-,13-11-,14-12-,22-20+. The van der Waals surface area contributed by atoms with E-state index >= 15 is 0 Å². The number of allylic oxidation sites excluding steroid dienone is 10. The highest BCUT2D eigenvalue weighted by molar-refractivity contribution is 5.49. The van der Waals surface area contributed by atoms with Crippen molar-refractivity contribution in [1.29, 1.82) is 0 Å². The summed E-state index contributed by atoms with van der Waals surface area (Å²) in [6.07, 6.45) is 27.5. The van der Waals surface area contributed by atoms with Gasteiger partial charge in [-0.15, -0.1) is 0 Å². The zero-order valence-corrected chi connectivity index (χ0v) is 16.0. The Labute approximate surface area is 158 Å². The summed E-state index contributed by atoms with van der Waals surface area (Å²) >= 11 is 0. The Balaban J connectivity index is 3.85.